The van der Waals surface area contributed by atoms with Crippen LogP contribution >= 0.6 is 27.0 Å². The van der Waals surface area contributed by atoms with Crippen molar-refractivity contribution in [1.29, 1.82) is 0 Å². The van der Waals surface area contributed by atoms with E-state index in [-0.39, 0.29) is 57.4 Å². The smallest absolute Gasteiger partial charge is 0.370 e. The number of aromatic nitrogens is 5. The zero-order chi connectivity index (χ0) is 27.8. The molecule has 0 aromatic carbocycles. The van der Waals surface area contributed by atoms with E-state index >= 15 is 0 Å². The molecule has 0 amide bonds. The summed E-state index contributed by atoms with van der Waals surface area (Å²) < 4.78 is 45.9. The zero-order valence-corrected chi connectivity index (χ0v) is 25.3. The molecule has 1 aliphatic heterocycles. The van der Waals surface area contributed by atoms with E-state index in [4.69, 9.17) is 9.72 Å². The van der Waals surface area contributed by atoms with Crippen LogP contribution in [-0.4, -0.2) is 55.3 Å². The van der Waals surface area contributed by atoms with Gasteiger partial charge in [0.25, 0.3) is 0 Å². The molecule has 1 aliphatic rings. The van der Waals surface area contributed by atoms with E-state index in [2.05, 4.69) is 20.4 Å². The predicted octanol–water partition coefficient (Wildman–Crippen LogP) is 4.41. The van der Waals surface area contributed by atoms with E-state index in [1.807, 2.05) is 46.6 Å². The number of alkyl halides is 3. The van der Waals surface area contributed by atoms with Crippen molar-refractivity contribution in [3.8, 4) is 0 Å². The number of carbonyl (C=O) groups excluding carboxylic acids is 1. The molecule has 0 bridgehead atoms. The van der Waals surface area contributed by atoms with Crippen molar-refractivity contribution in [2.24, 2.45) is 0 Å². The van der Waals surface area contributed by atoms with Crippen LogP contribution in [0.3, 0.4) is 0 Å². The number of ketones is 1. The van der Waals surface area contributed by atoms with Crippen molar-refractivity contribution in [3.63, 3.8) is 0 Å². The minimum absolute atomic E-state index is 0. The normalized spacial score (nSPS) is 16.1. The molecule has 0 radical (unpaired) electrons. The molecule has 3 aromatic heterocycles. The van der Waals surface area contributed by atoms with E-state index in [0.717, 1.165) is 22.9 Å². The summed E-state index contributed by atoms with van der Waals surface area (Å²) in [6, 6.07) is 1.89. The molecule has 0 saturated heterocycles. The molecule has 1 N–H and O–H groups in total. The molecule has 40 heavy (non-hydrogen) atoms. The van der Waals surface area contributed by atoms with Gasteiger partial charge in [0.05, 0.1) is 24.4 Å². The Balaban J connectivity index is 0.00000280. The van der Waals surface area contributed by atoms with Gasteiger partial charge < -0.3 is 15.0 Å². The first-order chi connectivity index (χ1) is 17.7. The lowest BCUT2D eigenvalue weighted by Gasteiger charge is -2.39. The largest absolute Gasteiger partial charge is 0.433 e. The quantitative estimate of drug-likeness (QED) is 0.427. The van der Waals surface area contributed by atoms with Crippen LogP contribution in [0.25, 0.3) is 0 Å². The highest BCUT2D eigenvalue weighted by molar-refractivity contribution is 7.59. The van der Waals surface area contributed by atoms with E-state index in [1.165, 1.54) is 12.3 Å². The maximum atomic E-state index is 13.0. The van der Waals surface area contributed by atoms with Crippen molar-refractivity contribution >= 4 is 44.5 Å². The molecule has 9 nitrogen and oxygen atoms in total. The number of nitrogens with zero attached hydrogens (tertiary/aromatic N) is 6. The number of rotatable bonds is 7. The molecule has 14 heteroatoms. The van der Waals surface area contributed by atoms with Gasteiger partial charge in [-0.15, -0.1) is 0 Å². The molecule has 4 heterocycles. The van der Waals surface area contributed by atoms with Crippen LogP contribution in [0.4, 0.5) is 24.9 Å². The van der Waals surface area contributed by atoms with E-state index < -0.39 is 17.9 Å². The zero-order valence-electron chi connectivity index (χ0n) is 23.3. The van der Waals surface area contributed by atoms with E-state index in [0.29, 0.717) is 23.9 Å². The lowest BCUT2D eigenvalue weighted by molar-refractivity contribution is -0.141. The third-order valence-electron chi connectivity index (χ3n) is 6.21. The van der Waals surface area contributed by atoms with Crippen LogP contribution in [-0.2, 0) is 35.2 Å². The first kappa shape index (κ1) is 33.4. The fraction of sp³-hybridized carbons (Fsp3) is 0.500. The first-order valence-electron chi connectivity index (χ1n) is 12.3. The second-order valence-electron chi connectivity index (χ2n) is 10.5. The number of likely N-dealkylation sites (N-methyl/N-ethyl adjacent to an activating group) is 1. The molecule has 0 spiro atoms. The van der Waals surface area contributed by atoms with Crippen LogP contribution in [0.15, 0.2) is 30.7 Å². The summed E-state index contributed by atoms with van der Waals surface area (Å²) in [5, 5.41) is 7.50. The van der Waals surface area contributed by atoms with E-state index in [9.17, 15) is 18.0 Å². The Hall–Kier alpha value is -2.84. The van der Waals surface area contributed by atoms with Gasteiger partial charge in [-0.3, -0.25) is 14.5 Å². The standard InChI is InChI=1S/C26H32F3N7O2.2H2S/c1-15-19-9-20(37)22(16(2)38-25(3,4)5)35(6)23(19)34-24(33-15)31-11-18-12-32-36(14-18)13-17-7-8-21(30-10-17)26(27,28)29;;/h7-8,10,12,14,16,22H,9,11,13H2,1-6H3,(H,31,33,34);2*1H2/t16-,22?;;/m0../s1. The summed E-state index contributed by atoms with van der Waals surface area (Å²) in [7, 11) is 1.85. The molecule has 0 aliphatic carbocycles. The topological polar surface area (TPSA) is 98.1 Å². The number of hydrogen-bond donors (Lipinski definition) is 1. The summed E-state index contributed by atoms with van der Waals surface area (Å²) in [6.07, 6.45) is 0.125. The van der Waals surface area contributed by atoms with Crippen LogP contribution in [0.5, 0.6) is 0 Å². The Morgan fingerprint density at radius 1 is 1.12 bits per heavy atom. The fourth-order valence-electron chi connectivity index (χ4n) is 4.62. The Bertz CT molecular complexity index is 1310. The third-order valence-corrected chi connectivity index (χ3v) is 6.21. The SMILES string of the molecule is Cc1nc(NCc2cnn(Cc3ccc(C(F)(F)F)nc3)c2)nc2c1CC(=O)C([C@H](C)OC(C)(C)C)N2C.S.S. The van der Waals surface area contributed by atoms with Gasteiger partial charge >= 0.3 is 6.18 Å². The van der Waals surface area contributed by atoms with Crippen LogP contribution < -0.4 is 10.2 Å². The van der Waals surface area contributed by atoms with Gasteiger partial charge in [-0.05, 0) is 46.2 Å². The number of halogens is 3. The van der Waals surface area contributed by atoms with Gasteiger partial charge in [-0.1, -0.05) is 6.07 Å². The fourth-order valence-corrected chi connectivity index (χ4v) is 4.62. The summed E-state index contributed by atoms with van der Waals surface area (Å²) in [4.78, 5) is 27.6. The summed E-state index contributed by atoms with van der Waals surface area (Å²) in [6.45, 7) is 10.3. The summed E-state index contributed by atoms with van der Waals surface area (Å²) in [5.74, 6) is 1.18. The van der Waals surface area contributed by atoms with Gasteiger partial charge in [0.15, 0.2) is 5.78 Å². The Labute approximate surface area is 245 Å². The Morgan fingerprint density at radius 3 is 2.42 bits per heavy atom. The van der Waals surface area contributed by atoms with Crippen LogP contribution in [0.1, 0.15) is 55.8 Å². The highest BCUT2D eigenvalue weighted by Gasteiger charge is 2.38. The average molecular weight is 600 g/mol. The third kappa shape index (κ3) is 7.88. The molecule has 1 unspecified atom stereocenters. The number of hydrogen-bond acceptors (Lipinski definition) is 8. The number of carbonyl (C=O) groups is 1. The first-order valence-corrected chi connectivity index (χ1v) is 12.3. The molecule has 220 valence electrons. The number of aryl methyl sites for hydroxylation is 1. The van der Waals surface area contributed by atoms with Crippen molar-refractivity contribution in [2.45, 2.75) is 78.1 Å². The Kier molecular flexibility index (Phi) is 10.7. The summed E-state index contributed by atoms with van der Waals surface area (Å²) in [5.41, 5.74) is 1.67. The second kappa shape index (κ2) is 12.8. The van der Waals surface area contributed by atoms with Crippen molar-refractivity contribution in [1.82, 2.24) is 24.7 Å². The Morgan fingerprint density at radius 2 is 1.82 bits per heavy atom. The number of fused-ring (bicyclic) bond motifs is 1. The van der Waals surface area contributed by atoms with Gasteiger partial charge in [-0.25, -0.2) is 4.98 Å². The molecule has 2 atom stereocenters. The van der Waals surface area contributed by atoms with E-state index in [1.54, 1.807) is 17.1 Å². The number of nitrogens with one attached hydrogen (secondary N) is 1. The number of ether oxygens (including phenoxy) is 1. The summed E-state index contributed by atoms with van der Waals surface area (Å²) >= 11 is 0. The predicted molar refractivity (Wildman–Crippen MR) is 157 cm³/mol. The molecule has 4 rings (SSSR count). The number of pyridine rings is 1. The maximum absolute atomic E-state index is 13.0. The van der Waals surface area contributed by atoms with Gasteiger partial charge in [0.2, 0.25) is 5.95 Å². The second-order valence-corrected chi connectivity index (χ2v) is 10.5. The van der Waals surface area contributed by atoms with Crippen molar-refractivity contribution < 1.29 is 22.7 Å². The minimum atomic E-state index is -4.47. The minimum Gasteiger partial charge on any atom is -0.370 e. The number of Topliss-reactive ketones (excluding diaryl/α,β-unsaturated/α-hetero) is 1. The highest BCUT2D eigenvalue weighted by Crippen LogP contribution is 2.32. The molecular formula is C26H36F3N7O2S2. The molecule has 0 fully saturated rings. The average Bonchev–Trinajstić information content (AvgIpc) is 3.24. The van der Waals surface area contributed by atoms with Crippen LogP contribution in [0, 0.1) is 6.92 Å². The molecule has 3 aromatic rings. The number of anilines is 2. The monoisotopic (exact) mass is 599 g/mol. The molecule has 0 saturated carbocycles. The molecular weight excluding hydrogens is 563 g/mol. The lowest BCUT2D eigenvalue weighted by atomic mass is 9.93. The van der Waals surface area contributed by atoms with Gasteiger partial charge in [-0.2, -0.15) is 50.2 Å². The van der Waals surface area contributed by atoms with Gasteiger partial charge in [0, 0.05) is 49.2 Å². The highest BCUT2D eigenvalue weighted by atomic mass is 32.1. The van der Waals surface area contributed by atoms with Crippen molar-refractivity contribution in [2.75, 3.05) is 17.3 Å². The van der Waals surface area contributed by atoms with Crippen LogP contribution in [0.2, 0.25) is 0 Å². The van der Waals surface area contributed by atoms with Crippen molar-refractivity contribution in [3.05, 3.63) is 58.8 Å². The van der Waals surface area contributed by atoms with Gasteiger partial charge in [0.1, 0.15) is 17.6 Å². The lowest BCUT2D eigenvalue weighted by Crippen LogP contribution is -2.52. The maximum Gasteiger partial charge on any atom is 0.433 e.